The van der Waals surface area contributed by atoms with Crippen LogP contribution in [0.15, 0.2) is 54.6 Å². The molecule has 0 bridgehead atoms. The molecular formula is C20H24ClNO. The predicted molar refractivity (Wildman–Crippen MR) is 99.3 cm³/mol. The maximum Gasteiger partial charge on any atom is 0.121 e. The number of nitrogens with zero attached hydrogens (tertiary/aromatic N) is 1. The fraction of sp³-hybridized carbons (Fsp3) is 0.300. The molecule has 0 spiro atoms. The minimum atomic E-state index is 0. The van der Waals surface area contributed by atoms with Gasteiger partial charge in [-0.3, -0.25) is 4.90 Å². The highest BCUT2D eigenvalue weighted by Gasteiger charge is 2.13. The molecule has 23 heavy (non-hydrogen) atoms. The van der Waals surface area contributed by atoms with Crippen molar-refractivity contribution in [2.45, 2.75) is 19.9 Å². The third-order valence-corrected chi connectivity index (χ3v) is 4.31. The first-order valence-electron chi connectivity index (χ1n) is 7.86. The van der Waals surface area contributed by atoms with E-state index in [1.807, 2.05) is 0 Å². The Balaban J connectivity index is 0.00000192. The second kappa shape index (κ2) is 8.19. The van der Waals surface area contributed by atoms with E-state index in [2.05, 4.69) is 66.4 Å². The number of hydrogen-bond donors (Lipinski definition) is 0. The third kappa shape index (κ3) is 4.37. The molecule has 0 saturated carbocycles. The van der Waals surface area contributed by atoms with Crippen LogP contribution in [0.3, 0.4) is 0 Å². The molecule has 2 nitrogen and oxygen atoms in total. The van der Waals surface area contributed by atoms with Crippen molar-refractivity contribution in [3.63, 3.8) is 0 Å². The Morgan fingerprint density at radius 3 is 2.48 bits per heavy atom. The zero-order valence-electron chi connectivity index (χ0n) is 13.8. The van der Waals surface area contributed by atoms with E-state index < -0.39 is 0 Å². The van der Waals surface area contributed by atoms with Gasteiger partial charge in [0.15, 0.2) is 0 Å². The van der Waals surface area contributed by atoms with Crippen LogP contribution in [0.2, 0.25) is 0 Å². The van der Waals surface area contributed by atoms with Gasteiger partial charge in [-0.05, 0) is 47.7 Å². The Morgan fingerprint density at radius 2 is 1.87 bits per heavy atom. The molecule has 0 aliphatic carbocycles. The Kier molecular flexibility index (Phi) is 6.26. The number of aryl methyl sites for hydroxylation is 1. The van der Waals surface area contributed by atoms with Crippen LogP contribution in [0.1, 0.15) is 23.1 Å². The lowest BCUT2D eigenvalue weighted by molar-refractivity contribution is 0.294. The molecule has 3 rings (SSSR count). The first kappa shape index (κ1) is 17.6. The molecule has 2 aromatic carbocycles. The van der Waals surface area contributed by atoms with Gasteiger partial charge in [0.1, 0.15) is 5.75 Å². The minimum absolute atomic E-state index is 0. The molecule has 1 aliphatic heterocycles. The van der Waals surface area contributed by atoms with Gasteiger partial charge in [0, 0.05) is 19.6 Å². The second-order valence-corrected chi connectivity index (χ2v) is 5.88. The normalized spacial score (nSPS) is 14.8. The summed E-state index contributed by atoms with van der Waals surface area (Å²) in [5.74, 6) is 0.964. The average Bonchev–Trinajstić information content (AvgIpc) is 2.56. The first-order chi connectivity index (χ1) is 10.8. The van der Waals surface area contributed by atoms with Gasteiger partial charge in [-0.15, -0.1) is 12.4 Å². The van der Waals surface area contributed by atoms with E-state index in [9.17, 15) is 0 Å². The molecule has 122 valence electrons. The number of hydrogen-bond acceptors (Lipinski definition) is 2. The Morgan fingerprint density at radius 1 is 1.09 bits per heavy atom. The molecule has 0 fully saturated rings. The second-order valence-electron chi connectivity index (χ2n) is 5.88. The van der Waals surface area contributed by atoms with Gasteiger partial charge in [0.25, 0.3) is 0 Å². The van der Waals surface area contributed by atoms with Crippen LogP contribution >= 0.6 is 12.4 Å². The summed E-state index contributed by atoms with van der Waals surface area (Å²) in [5.41, 5.74) is 5.37. The van der Waals surface area contributed by atoms with Crippen molar-refractivity contribution in [1.29, 1.82) is 0 Å². The van der Waals surface area contributed by atoms with Crippen molar-refractivity contribution in [3.05, 3.63) is 71.3 Å². The van der Waals surface area contributed by atoms with Crippen LogP contribution < -0.4 is 4.74 Å². The van der Waals surface area contributed by atoms with Crippen molar-refractivity contribution in [3.8, 4) is 5.75 Å². The smallest absolute Gasteiger partial charge is 0.121 e. The van der Waals surface area contributed by atoms with Crippen molar-refractivity contribution >= 4 is 18.0 Å². The van der Waals surface area contributed by atoms with E-state index in [1.54, 1.807) is 7.11 Å². The highest BCUT2D eigenvalue weighted by Crippen LogP contribution is 2.27. The summed E-state index contributed by atoms with van der Waals surface area (Å²) in [4.78, 5) is 2.50. The summed E-state index contributed by atoms with van der Waals surface area (Å²) < 4.78 is 5.34. The van der Waals surface area contributed by atoms with E-state index in [1.165, 1.54) is 22.3 Å². The SMILES string of the molecule is COc1ccc(C2=CCN(Cc3ccccc3)CC2)cc1C.Cl. The molecule has 0 radical (unpaired) electrons. The standard InChI is InChI=1S/C20H23NO.ClH/c1-16-14-19(8-9-20(16)22-2)18-10-12-21(13-11-18)15-17-6-4-3-5-7-17;/h3-10,14H,11-13,15H2,1-2H3;1H. The molecule has 1 aliphatic rings. The van der Waals surface area contributed by atoms with Gasteiger partial charge in [-0.25, -0.2) is 0 Å². The Hall–Kier alpha value is -1.77. The summed E-state index contributed by atoms with van der Waals surface area (Å²) in [6.45, 7) is 5.28. The number of rotatable bonds is 4. The summed E-state index contributed by atoms with van der Waals surface area (Å²) in [6, 6.07) is 17.2. The fourth-order valence-corrected chi connectivity index (χ4v) is 3.04. The molecule has 0 saturated heterocycles. The van der Waals surface area contributed by atoms with Gasteiger partial charge in [0.2, 0.25) is 0 Å². The molecule has 0 unspecified atom stereocenters. The van der Waals surface area contributed by atoms with Gasteiger partial charge in [-0.1, -0.05) is 42.5 Å². The number of benzene rings is 2. The van der Waals surface area contributed by atoms with Gasteiger partial charge < -0.3 is 4.74 Å². The Bertz CT molecular complexity index is 667. The highest BCUT2D eigenvalue weighted by molar-refractivity contribution is 5.85. The van der Waals surface area contributed by atoms with Crippen molar-refractivity contribution in [2.24, 2.45) is 0 Å². The van der Waals surface area contributed by atoms with Crippen molar-refractivity contribution in [1.82, 2.24) is 4.90 Å². The molecule has 2 aromatic rings. The zero-order valence-corrected chi connectivity index (χ0v) is 14.6. The lowest BCUT2D eigenvalue weighted by atomic mass is 9.97. The van der Waals surface area contributed by atoms with Crippen LogP contribution in [-0.2, 0) is 6.54 Å². The summed E-state index contributed by atoms with van der Waals surface area (Å²) >= 11 is 0. The van der Waals surface area contributed by atoms with E-state index in [-0.39, 0.29) is 12.4 Å². The molecule has 1 heterocycles. The monoisotopic (exact) mass is 329 g/mol. The highest BCUT2D eigenvalue weighted by atomic mass is 35.5. The van der Waals surface area contributed by atoms with E-state index in [0.29, 0.717) is 0 Å². The molecule has 0 atom stereocenters. The quantitative estimate of drug-likeness (QED) is 0.805. The summed E-state index contributed by atoms with van der Waals surface area (Å²) in [5, 5.41) is 0. The topological polar surface area (TPSA) is 12.5 Å². The number of ether oxygens (including phenoxy) is 1. The lowest BCUT2D eigenvalue weighted by Gasteiger charge is -2.26. The van der Waals surface area contributed by atoms with Crippen LogP contribution in [0, 0.1) is 6.92 Å². The molecule has 0 aromatic heterocycles. The van der Waals surface area contributed by atoms with Crippen LogP contribution in [0.25, 0.3) is 5.57 Å². The molecule has 3 heteroatoms. The van der Waals surface area contributed by atoms with E-state index in [4.69, 9.17) is 4.74 Å². The fourth-order valence-electron chi connectivity index (χ4n) is 3.04. The third-order valence-electron chi connectivity index (χ3n) is 4.31. The Labute approximate surface area is 145 Å². The van der Waals surface area contributed by atoms with Gasteiger partial charge in [0.05, 0.1) is 7.11 Å². The largest absolute Gasteiger partial charge is 0.496 e. The average molecular weight is 330 g/mol. The summed E-state index contributed by atoms with van der Waals surface area (Å²) in [7, 11) is 1.73. The molecule has 0 amide bonds. The predicted octanol–water partition coefficient (Wildman–Crippen LogP) is 4.71. The lowest BCUT2D eigenvalue weighted by Crippen LogP contribution is -2.27. The summed E-state index contributed by atoms with van der Waals surface area (Å²) in [6.07, 6.45) is 3.48. The minimum Gasteiger partial charge on any atom is -0.496 e. The van der Waals surface area contributed by atoms with Gasteiger partial charge in [-0.2, -0.15) is 0 Å². The first-order valence-corrected chi connectivity index (χ1v) is 7.86. The number of halogens is 1. The van der Waals surface area contributed by atoms with Crippen LogP contribution in [0.4, 0.5) is 0 Å². The van der Waals surface area contributed by atoms with Gasteiger partial charge >= 0.3 is 0 Å². The van der Waals surface area contributed by atoms with Crippen LogP contribution in [-0.4, -0.2) is 25.1 Å². The van der Waals surface area contributed by atoms with Crippen LogP contribution in [0.5, 0.6) is 5.75 Å². The van der Waals surface area contributed by atoms with E-state index in [0.717, 1.165) is 31.8 Å². The van der Waals surface area contributed by atoms with Crippen molar-refractivity contribution < 1.29 is 4.74 Å². The molecular weight excluding hydrogens is 306 g/mol. The maximum atomic E-state index is 5.34. The van der Waals surface area contributed by atoms with E-state index >= 15 is 0 Å². The zero-order chi connectivity index (χ0) is 15.4. The van der Waals surface area contributed by atoms with Crippen molar-refractivity contribution in [2.75, 3.05) is 20.2 Å². The number of methoxy groups -OCH3 is 1. The maximum absolute atomic E-state index is 5.34. The molecule has 0 N–H and O–H groups in total.